The summed E-state index contributed by atoms with van der Waals surface area (Å²) in [5, 5.41) is 4.45. The zero-order valence-electron chi connectivity index (χ0n) is 10.7. The molecule has 0 spiro atoms. The molecule has 2 aromatic heterocycles. The minimum absolute atomic E-state index is 0.411. The van der Waals surface area contributed by atoms with Crippen LogP contribution in [0.2, 0.25) is 0 Å². The molecule has 5 heteroatoms. The van der Waals surface area contributed by atoms with Gasteiger partial charge in [0.2, 0.25) is 0 Å². The van der Waals surface area contributed by atoms with Gasteiger partial charge in [-0.1, -0.05) is 0 Å². The number of nitrogens with zero attached hydrogens (tertiary/aromatic N) is 4. The van der Waals surface area contributed by atoms with Crippen molar-refractivity contribution in [1.29, 1.82) is 0 Å². The first-order valence-electron chi connectivity index (χ1n) is 5.60. The Morgan fingerprint density at radius 1 is 1.18 bits per heavy atom. The number of aromatic nitrogens is 4. The molecular formula is C12H17N5. The van der Waals surface area contributed by atoms with E-state index >= 15 is 0 Å². The van der Waals surface area contributed by atoms with E-state index in [0.29, 0.717) is 12.5 Å². The van der Waals surface area contributed by atoms with Crippen molar-refractivity contribution < 1.29 is 0 Å². The summed E-state index contributed by atoms with van der Waals surface area (Å²) < 4.78 is 1.77. The van der Waals surface area contributed by atoms with Crippen LogP contribution in [0.1, 0.15) is 28.3 Å². The van der Waals surface area contributed by atoms with Crippen LogP contribution in [0.25, 0.3) is 5.95 Å². The first-order chi connectivity index (χ1) is 8.02. The smallest absolute Gasteiger partial charge is 0.251 e. The monoisotopic (exact) mass is 231 g/mol. The van der Waals surface area contributed by atoms with Gasteiger partial charge in [-0.25, -0.2) is 14.6 Å². The van der Waals surface area contributed by atoms with E-state index in [1.807, 2.05) is 33.8 Å². The van der Waals surface area contributed by atoms with E-state index in [1.165, 1.54) is 5.56 Å². The average molecular weight is 231 g/mol. The molecule has 2 N–H and O–H groups in total. The SMILES string of the molecule is Cc1cc(CN)nc(-n2nc(C)c(C)c2C)n1. The van der Waals surface area contributed by atoms with Gasteiger partial charge in [0.1, 0.15) is 0 Å². The number of hydrogen-bond donors (Lipinski definition) is 1. The lowest BCUT2D eigenvalue weighted by molar-refractivity contribution is 0.754. The molecule has 5 nitrogen and oxygen atoms in total. The van der Waals surface area contributed by atoms with E-state index in [-0.39, 0.29) is 0 Å². The average Bonchev–Trinajstić information content (AvgIpc) is 2.56. The van der Waals surface area contributed by atoms with Crippen molar-refractivity contribution in [2.75, 3.05) is 0 Å². The molecule has 17 heavy (non-hydrogen) atoms. The van der Waals surface area contributed by atoms with Crippen LogP contribution in [0.3, 0.4) is 0 Å². The quantitative estimate of drug-likeness (QED) is 0.847. The number of nitrogens with two attached hydrogens (primary N) is 1. The first kappa shape index (κ1) is 11.7. The molecule has 0 bridgehead atoms. The molecule has 2 rings (SSSR count). The van der Waals surface area contributed by atoms with Gasteiger partial charge >= 0.3 is 0 Å². The fourth-order valence-corrected chi connectivity index (χ4v) is 1.73. The number of rotatable bonds is 2. The van der Waals surface area contributed by atoms with Gasteiger partial charge in [0.25, 0.3) is 5.95 Å². The lowest BCUT2D eigenvalue weighted by atomic mass is 10.2. The molecule has 0 amide bonds. The Morgan fingerprint density at radius 2 is 1.88 bits per heavy atom. The minimum Gasteiger partial charge on any atom is -0.325 e. The molecule has 2 aromatic rings. The van der Waals surface area contributed by atoms with Crippen molar-refractivity contribution in [2.45, 2.75) is 34.2 Å². The molecule has 2 heterocycles. The molecule has 0 saturated carbocycles. The van der Waals surface area contributed by atoms with Gasteiger partial charge in [0, 0.05) is 17.9 Å². The Morgan fingerprint density at radius 3 is 2.41 bits per heavy atom. The molecule has 0 saturated heterocycles. The maximum Gasteiger partial charge on any atom is 0.251 e. The topological polar surface area (TPSA) is 69.6 Å². The summed E-state index contributed by atoms with van der Waals surface area (Å²) in [5.74, 6) is 0.596. The summed E-state index contributed by atoms with van der Waals surface area (Å²) in [6.45, 7) is 8.40. The van der Waals surface area contributed by atoms with Crippen LogP contribution in [0.4, 0.5) is 0 Å². The maximum absolute atomic E-state index is 5.62. The predicted octanol–water partition coefficient (Wildman–Crippen LogP) is 1.35. The van der Waals surface area contributed by atoms with Gasteiger partial charge in [-0.05, 0) is 39.3 Å². The molecule has 0 aliphatic heterocycles. The van der Waals surface area contributed by atoms with Crippen molar-refractivity contribution in [1.82, 2.24) is 19.7 Å². The zero-order chi connectivity index (χ0) is 12.6. The second-order valence-electron chi connectivity index (χ2n) is 4.21. The highest BCUT2D eigenvalue weighted by Gasteiger charge is 2.11. The lowest BCUT2D eigenvalue weighted by Gasteiger charge is -2.06. The van der Waals surface area contributed by atoms with Crippen molar-refractivity contribution >= 4 is 0 Å². The van der Waals surface area contributed by atoms with Crippen molar-refractivity contribution in [3.05, 3.63) is 34.4 Å². The highest BCUT2D eigenvalue weighted by molar-refractivity contribution is 5.29. The van der Waals surface area contributed by atoms with Crippen molar-refractivity contribution in [3.8, 4) is 5.95 Å². The molecule has 0 aliphatic rings. The van der Waals surface area contributed by atoms with Crippen molar-refractivity contribution in [3.63, 3.8) is 0 Å². The summed E-state index contributed by atoms with van der Waals surface area (Å²) in [6.07, 6.45) is 0. The van der Waals surface area contributed by atoms with Crippen LogP contribution < -0.4 is 5.73 Å². The Kier molecular flexibility index (Phi) is 2.93. The summed E-state index contributed by atoms with van der Waals surface area (Å²) in [7, 11) is 0. The van der Waals surface area contributed by atoms with Crippen LogP contribution in [0.15, 0.2) is 6.07 Å². The number of aryl methyl sites for hydroxylation is 2. The Bertz CT molecular complexity index is 556. The minimum atomic E-state index is 0.411. The number of hydrogen-bond acceptors (Lipinski definition) is 4. The molecular weight excluding hydrogens is 214 g/mol. The molecule has 0 fully saturated rings. The predicted molar refractivity (Wildman–Crippen MR) is 66.0 cm³/mol. The Labute approximate surface area is 101 Å². The van der Waals surface area contributed by atoms with Crippen LogP contribution in [-0.2, 0) is 6.54 Å². The van der Waals surface area contributed by atoms with Gasteiger partial charge in [-0.3, -0.25) is 0 Å². The van der Waals surface area contributed by atoms with Crippen LogP contribution >= 0.6 is 0 Å². The highest BCUT2D eigenvalue weighted by atomic mass is 15.4. The van der Waals surface area contributed by atoms with Crippen LogP contribution in [-0.4, -0.2) is 19.7 Å². The van der Waals surface area contributed by atoms with E-state index in [9.17, 15) is 0 Å². The zero-order valence-corrected chi connectivity index (χ0v) is 10.7. The van der Waals surface area contributed by atoms with Gasteiger partial charge in [0.05, 0.1) is 11.4 Å². The fourth-order valence-electron chi connectivity index (χ4n) is 1.73. The third kappa shape index (κ3) is 2.06. The normalized spacial score (nSPS) is 10.9. The third-order valence-corrected chi connectivity index (χ3v) is 2.95. The van der Waals surface area contributed by atoms with E-state index in [2.05, 4.69) is 15.1 Å². The molecule has 90 valence electrons. The molecule has 0 atom stereocenters. The summed E-state index contributed by atoms with van der Waals surface area (Å²) in [4.78, 5) is 8.80. The Hall–Kier alpha value is -1.75. The summed E-state index contributed by atoms with van der Waals surface area (Å²) >= 11 is 0. The van der Waals surface area contributed by atoms with Gasteiger partial charge in [0.15, 0.2) is 0 Å². The van der Waals surface area contributed by atoms with Gasteiger partial charge in [-0.2, -0.15) is 5.10 Å². The van der Waals surface area contributed by atoms with E-state index in [1.54, 1.807) is 4.68 Å². The van der Waals surface area contributed by atoms with E-state index in [0.717, 1.165) is 22.8 Å². The largest absolute Gasteiger partial charge is 0.325 e. The van der Waals surface area contributed by atoms with E-state index < -0.39 is 0 Å². The Balaban J connectivity index is 2.59. The maximum atomic E-state index is 5.62. The first-order valence-corrected chi connectivity index (χ1v) is 5.60. The van der Waals surface area contributed by atoms with Crippen LogP contribution in [0.5, 0.6) is 0 Å². The third-order valence-electron chi connectivity index (χ3n) is 2.95. The highest BCUT2D eigenvalue weighted by Crippen LogP contribution is 2.14. The summed E-state index contributed by atoms with van der Waals surface area (Å²) in [6, 6.07) is 1.89. The summed E-state index contributed by atoms with van der Waals surface area (Å²) in [5.41, 5.74) is 10.6. The lowest BCUT2D eigenvalue weighted by Crippen LogP contribution is -2.10. The van der Waals surface area contributed by atoms with E-state index in [4.69, 9.17) is 5.73 Å². The molecule has 0 unspecified atom stereocenters. The standard InChI is InChI=1S/C12H17N5/c1-7-5-11(6-13)15-12(14-7)17-10(4)8(2)9(3)16-17/h5H,6,13H2,1-4H3. The van der Waals surface area contributed by atoms with Crippen LogP contribution in [0, 0.1) is 27.7 Å². The molecule has 0 radical (unpaired) electrons. The molecule has 0 aliphatic carbocycles. The molecule has 0 aromatic carbocycles. The van der Waals surface area contributed by atoms with Gasteiger partial charge in [-0.15, -0.1) is 0 Å². The second-order valence-corrected chi connectivity index (χ2v) is 4.21. The second kappa shape index (κ2) is 4.25. The van der Waals surface area contributed by atoms with Gasteiger partial charge < -0.3 is 5.73 Å². The fraction of sp³-hybridized carbons (Fsp3) is 0.417. The van der Waals surface area contributed by atoms with Crippen molar-refractivity contribution in [2.24, 2.45) is 5.73 Å².